The summed E-state index contributed by atoms with van der Waals surface area (Å²) in [6.45, 7) is 21.8. The van der Waals surface area contributed by atoms with Gasteiger partial charge in [-0.25, -0.2) is 0 Å². The minimum Gasteiger partial charge on any atom is -0.512 e. The number of carbonyl (C=O) groups is 1. The molecule has 1 radical (unpaired) electrons. The molecule has 1 aliphatic heterocycles. The van der Waals surface area contributed by atoms with Gasteiger partial charge in [0.1, 0.15) is 13.8 Å². The van der Waals surface area contributed by atoms with Gasteiger partial charge in [0.15, 0.2) is 5.78 Å². The van der Waals surface area contributed by atoms with Gasteiger partial charge in [0.05, 0.1) is 0 Å². The summed E-state index contributed by atoms with van der Waals surface area (Å²) < 4.78 is 0. The van der Waals surface area contributed by atoms with E-state index in [4.69, 9.17) is 4.98 Å². The number of rotatable bonds is 7. The van der Waals surface area contributed by atoms with Crippen LogP contribution in [-0.2, 0) is 30.3 Å². The zero-order chi connectivity index (χ0) is 32.9. The quantitative estimate of drug-likeness (QED) is 0.0876. The van der Waals surface area contributed by atoms with Crippen molar-refractivity contribution < 1.29 is 30.0 Å². The van der Waals surface area contributed by atoms with Crippen LogP contribution in [0.4, 0.5) is 0 Å². The Morgan fingerprint density at radius 3 is 2.13 bits per heavy atom. The van der Waals surface area contributed by atoms with Crippen LogP contribution in [0.1, 0.15) is 92.2 Å². The maximum absolute atomic E-state index is 12.2. The molecule has 5 heteroatoms. The summed E-state index contributed by atoms with van der Waals surface area (Å²) in [6.07, 6.45) is 6.77. The van der Waals surface area contributed by atoms with Gasteiger partial charge >= 0.3 is 0 Å². The Bertz CT molecular complexity index is 1810. The van der Waals surface area contributed by atoms with Crippen molar-refractivity contribution >= 4 is 35.0 Å². The standard InChI is InChI=1S/C26H22NSi.C15H28O2.Ir/c1-26(2)19-10-7-11-20-22(19)23-21(28(20,3)4)14-15-27-25(23)18-13-12-16-8-5-6-9-17(16)24(18)26;1-7-14(5,8-2)12(16)11-13(17)15(6,9-3)10-4;/h5-12,14-15H,1-4H3;11,16H,7-10H2,1-6H3;/q-1;;/b;12-11-;. The Morgan fingerprint density at radius 2 is 1.50 bits per heavy atom. The summed E-state index contributed by atoms with van der Waals surface area (Å²) in [7, 11) is -1.72. The van der Waals surface area contributed by atoms with Crippen LogP contribution in [0.5, 0.6) is 0 Å². The number of aliphatic hydroxyl groups is 1. The molecule has 2 aliphatic rings. The molecule has 1 aliphatic carbocycles. The minimum atomic E-state index is -1.72. The van der Waals surface area contributed by atoms with Crippen molar-refractivity contribution in [1.29, 1.82) is 0 Å². The Morgan fingerprint density at radius 1 is 0.891 bits per heavy atom. The van der Waals surface area contributed by atoms with Gasteiger partial charge in [0, 0.05) is 43.2 Å². The first-order chi connectivity index (χ1) is 21.2. The molecule has 0 bridgehead atoms. The maximum atomic E-state index is 12.2. The first kappa shape index (κ1) is 36.0. The molecule has 1 N–H and O–H groups in total. The van der Waals surface area contributed by atoms with Crippen LogP contribution < -0.4 is 10.4 Å². The van der Waals surface area contributed by atoms with Gasteiger partial charge in [-0.2, -0.15) is 0 Å². The second-order valence-corrected chi connectivity index (χ2v) is 18.9. The van der Waals surface area contributed by atoms with Gasteiger partial charge < -0.3 is 10.1 Å². The first-order valence-corrected chi connectivity index (χ1v) is 19.8. The van der Waals surface area contributed by atoms with Crippen molar-refractivity contribution in [3.8, 4) is 22.4 Å². The number of benzene rings is 3. The van der Waals surface area contributed by atoms with Crippen molar-refractivity contribution in [3.05, 3.63) is 89.8 Å². The Labute approximate surface area is 291 Å². The third-order valence-electron chi connectivity index (χ3n) is 11.6. The number of allylic oxidation sites excluding steroid dienone is 2. The van der Waals surface area contributed by atoms with E-state index in [1.807, 2.05) is 47.7 Å². The van der Waals surface area contributed by atoms with Crippen molar-refractivity contribution in [1.82, 2.24) is 4.98 Å². The summed E-state index contributed by atoms with van der Waals surface area (Å²) in [6, 6.07) is 23.7. The average Bonchev–Trinajstić information content (AvgIpc) is 3.24. The molecule has 0 saturated carbocycles. The summed E-state index contributed by atoms with van der Waals surface area (Å²) in [5.41, 5.74) is 7.19. The second kappa shape index (κ2) is 13.0. The van der Waals surface area contributed by atoms with Gasteiger partial charge in [-0.15, -0.1) is 23.3 Å². The molecular formula is C41H50IrNO2Si-. The molecule has 0 fully saturated rings. The van der Waals surface area contributed by atoms with E-state index >= 15 is 0 Å². The number of nitrogens with zero attached hydrogens (tertiary/aromatic N) is 1. The molecular weight excluding hydrogens is 759 g/mol. The summed E-state index contributed by atoms with van der Waals surface area (Å²) in [5.74, 6) is 0.286. The molecule has 0 unspecified atom stereocenters. The molecule has 0 atom stereocenters. The van der Waals surface area contributed by atoms with Gasteiger partial charge in [0.2, 0.25) is 0 Å². The Hall–Kier alpha value is -2.85. The zero-order valence-electron chi connectivity index (χ0n) is 29.3. The van der Waals surface area contributed by atoms with Crippen LogP contribution in [0.25, 0.3) is 33.2 Å². The van der Waals surface area contributed by atoms with E-state index in [2.05, 4.69) is 87.6 Å². The number of ketones is 1. The third kappa shape index (κ3) is 5.57. The molecule has 2 heterocycles. The SMILES string of the molecule is CC1(C)c2cccc3c2-c2c(ccnc2-c2[c-]cc4ccccc4c21)[Si]3(C)C.CCC(C)(CC)C(=O)/C=C(\O)C(C)(CC)CC.[Ir]. The fourth-order valence-corrected chi connectivity index (χ4v) is 10.3. The molecule has 3 nitrogen and oxygen atoms in total. The van der Waals surface area contributed by atoms with E-state index in [0.717, 1.165) is 31.4 Å². The van der Waals surface area contributed by atoms with Crippen LogP contribution in [-0.4, -0.2) is 23.9 Å². The zero-order valence-corrected chi connectivity index (χ0v) is 32.7. The Balaban J connectivity index is 0.000000234. The first-order valence-electron chi connectivity index (χ1n) is 16.8. The third-order valence-corrected chi connectivity index (χ3v) is 15.1. The van der Waals surface area contributed by atoms with Crippen molar-refractivity contribution in [2.45, 2.75) is 99.6 Å². The van der Waals surface area contributed by atoms with Crippen molar-refractivity contribution in [2.75, 3.05) is 0 Å². The van der Waals surface area contributed by atoms with E-state index in [1.54, 1.807) is 5.19 Å². The number of pyridine rings is 1. The topological polar surface area (TPSA) is 50.2 Å². The number of carbonyl (C=O) groups excluding carboxylic acids is 1. The average molecular weight is 809 g/mol. The van der Waals surface area contributed by atoms with E-state index in [1.165, 1.54) is 49.9 Å². The smallest absolute Gasteiger partial charge is 0.164 e. The Kier molecular flexibility index (Phi) is 10.2. The number of aromatic nitrogens is 1. The fraction of sp³-hybridized carbons (Fsp3) is 0.415. The minimum absolute atomic E-state index is 0. The van der Waals surface area contributed by atoms with Crippen LogP contribution >= 0.6 is 0 Å². The fourth-order valence-electron chi connectivity index (χ4n) is 7.29. The van der Waals surface area contributed by atoms with E-state index < -0.39 is 8.07 Å². The molecule has 0 amide bonds. The van der Waals surface area contributed by atoms with Gasteiger partial charge in [-0.3, -0.25) is 4.79 Å². The molecule has 1 aromatic heterocycles. The summed E-state index contributed by atoms with van der Waals surface area (Å²) >= 11 is 0. The van der Waals surface area contributed by atoms with Crippen molar-refractivity contribution in [3.63, 3.8) is 0 Å². The normalized spacial score (nSPS) is 15.6. The molecule has 46 heavy (non-hydrogen) atoms. The van der Waals surface area contributed by atoms with Gasteiger partial charge in [-0.1, -0.05) is 127 Å². The van der Waals surface area contributed by atoms with Crippen LogP contribution in [0.2, 0.25) is 13.1 Å². The molecule has 245 valence electrons. The summed E-state index contributed by atoms with van der Waals surface area (Å²) in [5, 5.41) is 15.8. The number of hydrogen-bond donors (Lipinski definition) is 1. The predicted octanol–water partition coefficient (Wildman–Crippen LogP) is 9.79. The maximum Gasteiger partial charge on any atom is 0.164 e. The number of fused-ring (bicyclic) bond motifs is 4. The molecule has 4 aromatic rings. The number of aliphatic hydroxyl groups excluding tert-OH is 1. The van der Waals surface area contributed by atoms with Crippen LogP contribution in [0, 0.1) is 16.9 Å². The van der Waals surface area contributed by atoms with Gasteiger partial charge in [-0.05, 0) is 64.7 Å². The molecule has 0 saturated heterocycles. The van der Waals surface area contributed by atoms with E-state index in [0.29, 0.717) is 0 Å². The monoisotopic (exact) mass is 809 g/mol. The van der Waals surface area contributed by atoms with E-state index in [-0.39, 0.29) is 47.9 Å². The predicted molar refractivity (Wildman–Crippen MR) is 193 cm³/mol. The number of hydrogen-bond acceptors (Lipinski definition) is 3. The van der Waals surface area contributed by atoms with Crippen LogP contribution in [0.3, 0.4) is 0 Å². The molecule has 6 rings (SSSR count). The molecule has 0 spiro atoms. The molecule has 3 aromatic carbocycles. The largest absolute Gasteiger partial charge is 0.512 e. The second-order valence-electron chi connectivity index (χ2n) is 14.6. The van der Waals surface area contributed by atoms with Gasteiger partial charge in [0.25, 0.3) is 0 Å². The van der Waals surface area contributed by atoms with Crippen LogP contribution in [0.15, 0.2) is 72.6 Å². The summed E-state index contributed by atoms with van der Waals surface area (Å²) in [4.78, 5) is 17.1. The van der Waals surface area contributed by atoms with Crippen molar-refractivity contribution in [2.24, 2.45) is 10.8 Å². The van der Waals surface area contributed by atoms with E-state index in [9.17, 15) is 9.90 Å².